The van der Waals surface area contributed by atoms with Crippen molar-refractivity contribution in [1.29, 1.82) is 0 Å². The third-order valence-corrected chi connectivity index (χ3v) is 3.92. The third kappa shape index (κ3) is 4.23. The fourth-order valence-electron chi connectivity index (χ4n) is 2.50. The molecule has 4 heteroatoms. The molecule has 3 nitrogen and oxygen atoms in total. The van der Waals surface area contributed by atoms with Crippen LogP contribution in [0.5, 0.6) is 0 Å². The van der Waals surface area contributed by atoms with Crippen molar-refractivity contribution in [3.63, 3.8) is 0 Å². The van der Waals surface area contributed by atoms with Crippen LogP contribution in [0.4, 0.5) is 4.79 Å². The van der Waals surface area contributed by atoms with Crippen molar-refractivity contribution in [1.82, 2.24) is 4.90 Å². The molecule has 1 aliphatic rings. The van der Waals surface area contributed by atoms with Gasteiger partial charge in [0.1, 0.15) is 5.60 Å². The van der Waals surface area contributed by atoms with Crippen LogP contribution in [0.2, 0.25) is 0 Å². The van der Waals surface area contributed by atoms with Gasteiger partial charge in [-0.2, -0.15) is 0 Å². The van der Waals surface area contributed by atoms with Gasteiger partial charge in [-0.1, -0.05) is 28.1 Å². The topological polar surface area (TPSA) is 29.5 Å². The van der Waals surface area contributed by atoms with Crippen LogP contribution >= 0.6 is 15.9 Å². The Balaban J connectivity index is 2.00. The van der Waals surface area contributed by atoms with Crippen molar-refractivity contribution < 1.29 is 9.53 Å². The maximum absolute atomic E-state index is 12.2. The maximum atomic E-state index is 12.2. The summed E-state index contributed by atoms with van der Waals surface area (Å²) >= 11 is 3.44. The molecule has 0 bridgehead atoms. The molecule has 0 aromatic heterocycles. The van der Waals surface area contributed by atoms with E-state index in [2.05, 4.69) is 28.1 Å². The number of hydrogen-bond acceptors (Lipinski definition) is 2. The Kier molecular flexibility index (Phi) is 4.74. The molecule has 1 atom stereocenters. The lowest BCUT2D eigenvalue weighted by molar-refractivity contribution is 0.0227. The molecule has 0 radical (unpaired) electrons. The molecular formula is C16H22BrNO2. The highest BCUT2D eigenvalue weighted by Gasteiger charge is 2.31. The highest BCUT2D eigenvalue weighted by Crippen LogP contribution is 2.24. The molecule has 0 spiro atoms. The smallest absolute Gasteiger partial charge is 0.410 e. The van der Waals surface area contributed by atoms with Gasteiger partial charge in [0.05, 0.1) is 0 Å². The van der Waals surface area contributed by atoms with Crippen LogP contribution in [0.25, 0.3) is 0 Å². The molecule has 0 unspecified atom stereocenters. The summed E-state index contributed by atoms with van der Waals surface area (Å²) in [5, 5.41) is 0. The molecule has 0 saturated carbocycles. The van der Waals surface area contributed by atoms with Crippen molar-refractivity contribution in [2.75, 3.05) is 6.54 Å². The molecule has 1 heterocycles. The fourth-order valence-corrected chi connectivity index (χ4v) is 2.77. The number of carbonyl (C=O) groups excluding carboxylic acids is 1. The molecule has 0 aliphatic carbocycles. The molecule has 2 rings (SSSR count). The first-order valence-electron chi connectivity index (χ1n) is 7.09. The Morgan fingerprint density at radius 2 is 2.00 bits per heavy atom. The lowest BCUT2D eigenvalue weighted by atomic mass is 10.0. The molecule has 1 aromatic rings. The molecule has 1 aromatic carbocycles. The van der Waals surface area contributed by atoms with E-state index in [-0.39, 0.29) is 12.1 Å². The number of likely N-dealkylation sites (tertiary alicyclic amines) is 1. The number of amides is 1. The van der Waals surface area contributed by atoms with Crippen LogP contribution < -0.4 is 0 Å². The van der Waals surface area contributed by atoms with Gasteiger partial charge in [0.2, 0.25) is 0 Å². The molecule has 110 valence electrons. The third-order valence-electron chi connectivity index (χ3n) is 3.39. The van der Waals surface area contributed by atoms with Crippen molar-refractivity contribution in [2.24, 2.45) is 0 Å². The summed E-state index contributed by atoms with van der Waals surface area (Å²) in [6.07, 6.45) is 2.82. The van der Waals surface area contributed by atoms with Crippen molar-refractivity contribution >= 4 is 22.0 Å². The summed E-state index contributed by atoms with van der Waals surface area (Å²) in [5.74, 6) is 0. The normalized spacial score (nSPS) is 19.2. The van der Waals surface area contributed by atoms with E-state index in [4.69, 9.17) is 4.74 Å². The van der Waals surface area contributed by atoms with Gasteiger partial charge in [0.15, 0.2) is 0 Å². The van der Waals surface area contributed by atoms with Gasteiger partial charge >= 0.3 is 6.09 Å². The summed E-state index contributed by atoms with van der Waals surface area (Å²) in [7, 11) is 0. The van der Waals surface area contributed by atoms with E-state index in [1.165, 1.54) is 5.56 Å². The van der Waals surface area contributed by atoms with E-state index < -0.39 is 5.60 Å². The average molecular weight is 340 g/mol. The van der Waals surface area contributed by atoms with E-state index in [1.54, 1.807) is 0 Å². The summed E-state index contributed by atoms with van der Waals surface area (Å²) in [6.45, 7) is 6.52. The number of carbonyl (C=O) groups is 1. The van der Waals surface area contributed by atoms with Crippen molar-refractivity contribution in [3.8, 4) is 0 Å². The van der Waals surface area contributed by atoms with Gasteiger partial charge in [-0.15, -0.1) is 0 Å². The van der Waals surface area contributed by atoms with Crippen LogP contribution in [0.1, 0.15) is 39.2 Å². The SMILES string of the molecule is CC(C)(C)OC(=O)N1CCC[C@H]1Cc1ccc(Br)cc1. The summed E-state index contributed by atoms with van der Waals surface area (Å²) in [4.78, 5) is 14.1. The standard InChI is InChI=1S/C16H22BrNO2/c1-16(2,3)20-15(19)18-10-4-5-14(18)11-12-6-8-13(17)9-7-12/h6-9,14H,4-5,10-11H2,1-3H3/t14-/m0/s1. The number of rotatable bonds is 2. The average Bonchev–Trinajstić information content (AvgIpc) is 2.78. The Morgan fingerprint density at radius 1 is 1.35 bits per heavy atom. The lowest BCUT2D eigenvalue weighted by Crippen LogP contribution is -2.40. The predicted octanol–water partition coefficient (Wildman–Crippen LogP) is 4.39. The zero-order valence-corrected chi connectivity index (χ0v) is 13.9. The van der Waals surface area contributed by atoms with Gasteiger partial charge in [-0.25, -0.2) is 4.79 Å². The Bertz CT molecular complexity index is 464. The quantitative estimate of drug-likeness (QED) is 0.799. The molecular weight excluding hydrogens is 318 g/mol. The largest absolute Gasteiger partial charge is 0.444 e. The maximum Gasteiger partial charge on any atom is 0.410 e. The molecule has 1 fully saturated rings. The monoisotopic (exact) mass is 339 g/mol. The minimum atomic E-state index is -0.429. The second-order valence-electron chi connectivity index (χ2n) is 6.30. The Morgan fingerprint density at radius 3 is 2.60 bits per heavy atom. The highest BCUT2D eigenvalue weighted by molar-refractivity contribution is 9.10. The molecule has 20 heavy (non-hydrogen) atoms. The van der Waals surface area contributed by atoms with E-state index in [0.29, 0.717) is 0 Å². The van der Waals surface area contributed by atoms with Crippen molar-refractivity contribution in [3.05, 3.63) is 34.3 Å². The van der Waals surface area contributed by atoms with Gasteiger partial charge < -0.3 is 9.64 Å². The second-order valence-corrected chi connectivity index (χ2v) is 7.22. The van der Waals surface area contributed by atoms with E-state index >= 15 is 0 Å². The number of benzene rings is 1. The number of ether oxygens (including phenoxy) is 1. The lowest BCUT2D eigenvalue weighted by Gasteiger charge is -2.28. The fraction of sp³-hybridized carbons (Fsp3) is 0.562. The summed E-state index contributed by atoms with van der Waals surface area (Å²) < 4.78 is 6.57. The van der Waals surface area contributed by atoms with Crippen LogP contribution in [0.3, 0.4) is 0 Å². The molecule has 1 saturated heterocycles. The number of hydrogen-bond donors (Lipinski definition) is 0. The zero-order valence-electron chi connectivity index (χ0n) is 12.4. The molecule has 1 amide bonds. The van der Waals surface area contributed by atoms with Crippen molar-refractivity contribution in [2.45, 2.75) is 51.7 Å². The molecule has 1 aliphatic heterocycles. The van der Waals surface area contributed by atoms with Gasteiger partial charge in [0, 0.05) is 17.1 Å². The van der Waals surface area contributed by atoms with Gasteiger partial charge in [-0.3, -0.25) is 0 Å². The first kappa shape index (κ1) is 15.4. The first-order chi connectivity index (χ1) is 9.35. The minimum Gasteiger partial charge on any atom is -0.444 e. The predicted molar refractivity (Wildman–Crippen MR) is 83.8 cm³/mol. The summed E-state index contributed by atoms with van der Waals surface area (Å²) in [6, 6.07) is 8.56. The zero-order chi connectivity index (χ0) is 14.8. The van der Waals surface area contributed by atoms with Crippen LogP contribution in [0.15, 0.2) is 28.7 Å². The first-order valence-corrected chi connectivity index (χ1v) is 7.88. The molecule has 0 N–H and O–H groups in total. The highest BCUT2D eigenvalue weighted by atomic mass is 79.9. The number of halogens is 1. The summed E-state index contributed by atoms with van der Waals surface area (Å²) in [5.41, 5.74) is 0.829. The Hall–Kier alpha value is -1.03. The minimum absolute atomic E-state index is 0.183. The second kappa shape index (κ2) is 6.17. The van der Waals surface area contributed by atoms with E-state index in [0.717, 1.165) is 30.3 Å². The van der Waals surface area contributed by atoms with Gasteiger partial charge in [0.25, 0.3) is 0 Å². The van der Waals surface area contributed by atoms with Gasteiger partial charge in [-0.05, 0) is 57.7 Å². The van der Waals surface area contributed by atoms with Crippen LogP contribution in [0, 0.1) is 0 Å². The van der Waals surface area contributed by atoms with Crippen LogP contribution in [-0.2, 0) is 11.2 Å². The van der Waals surface area contributed by atoms with E-state index in [1.807, 2.05) is 37.8 Å². The van der Waals surface area contributed by atoms with E-state index in [9.17, 15) is 4.79 Å². The number of nitrogens with zero attached hydrogens (tertiary/aromatic N) is 1. The Labute approximate surface area is 129 Å². The van der Waals surface area contributed by atoms with Crippen LogP contribution in [-0.4, -0.2) is 29.2 Å².